The lowest BCUT2D eigenvalue weighted by molar-refractivity contribution is -0.0409. The van der Waals surface area contributed by atoms with Gasteiger partial charge < -0.3 is 14.8 Å². The Kier molecular flexibility index (Phi) is 3.02. The van der Waals surface area contributed by atoms with E-state index in [-0.39, 0.29) is 5.56 Å². The van der Waals surface area contributed by atoms with E-state index in [1.165, 1.54) is 0 Å². The molecule has 0 aromatic carbocycles. The summed E-state index contributed by atoms with van der Waals surface area (Å²) in [6, 6.07) is 0. The number of hydrogen-bond acceptors (Lipinski definition) is 3. The Morgan fingerprint density at radius 3 is 2.67 bits per heavy atom. The highest BCUT2D eigenvalue weighted by molar-refractivity contribution is 5.89. The lowest BCUT2D eigenvalue weighted by Gasteiger charge is -2.33. The first-order chi connectivity index (χ1) is 8.35. The van der Waals surface area contributed by atoms with Gasteiger partial charge in [0.25, 0.3) is 5.56 Å². The average Bonchev–Trinajstić information content (AvgIpc) is 2.25. The molecule has 5 nitrogen and oxygen atoms in total. The Morgan fingerprint density at radius 2 is 2.11 bits per heavy atom. The van der Waals surface area contributed by atoms with Crippen LogP contribution in [-0.4, -0.2) is 21.7 Å². The van der Waals surface area contributed by atoms with Crippen molar-refractivity contribution in [3.63, 3.8) is 0 Å². The van der Waals surface area contributed by atoms with Gasteiger partial charge in [-0.05, 0) is 25.8 Å². The second-order valence-corrected chi connectivity index (χ2v) is 5.15. The summed E-state index contributed by atoms with van der Waals surface area (Å²) in [5, 5.41) is 9.19. The molecule has 5 heteroatoms. The van der Waals surface area contributed by atoms with Gasteiger partial charge in [-0.1, -0.05) is 6.92 Å². The zero-order valence-corrected chi connectivity index (χ0v) is 10.8. The summed E-state index contributed by atoms with van der Waals surface area (Å²) in [6.07, 6.45) is 1.10. The van der Waals surface area contributed by atoms with Gasteiger partial charge in [0, 0.05) is 17.7 Å². The molecule has 0 fully saturated rings. The second-order valence-electron chi connectivity index (χ2n) is 5.15. The highest BCUT2D eigenvalue weighted by Gasteiger charge is 2.32. The SMILES string of the molecule is CCc1[nH]c(=O)c(C(=O)O)c2c1COC(C)(C)C2. The van der Waals surface area contributed by atoms with Gasteiger partial charge in [-0.2, -0.15) is 0 Å². The first-order valence-corrected chi connectivity index (χ1v) is 6.00. The van der Waals surface area contributed by atoms with Crippen LogP contribution >= 0.6 is 0 Å². The molecule has 0 amide bonds. The van der Waals surface area contributed by atoms with Crippen molar-refractivity contribution in [3.05, 3.63) is 32.7 Å². The van der Waals surface area contributed by atoms with E-state index in [0.717, 1.165) is 11.3 Å². The summed E-state index contributed by atoms with van der Waals surface area (Å²) in [5.41, 5.74) is 1.13. The molecule has 0 radical (unpaired) electrons. The fourth-order valence-corrected chi connectivity index (χ4v) is 2.39. The smallest absolute Gasteiger partial charge is 0.341 e. The molecule has 2 N–H and O–H groups in total. The lowest BCUT2D eigenvalue weighted by atomic mass is 9.88. The van der Waals surface area contributed by atoms with E-state index in [4.69, 9.17) is 4.74 Å². The number of aromatic carboxylic acids is 1. The van der Waals surface area contributed by atoms with Crippen molar-refractivity contribution in [1.82, 2.24) is 4.98 Å². The van der Waals surface area contributed by atoms with E-state index in [0.29, 0.717) is 25.0 Å². The Balaban J connectivity index is 2.72. The van der Waals surface area contributed by atoms with Gasteiger partial charge in [0.1, 0.15) is 5.56 Å². The summed E-state index contributed by atoms with van der Waals surface area (Å²) >= 11 is 0. The van der Waals surface area contributed by atoms with Crippen LogP contribution in [0.3, 0.4) is 0 Å². The maximum absolute atomic E-state index is 11.8. The molecule has 2 heterocycles. The molecule has 1 aromatic heterocycles. The van der Waals surface area contributed by atoms with Crippen molar-refractivity contribution in [2.24, 2.45) is 0 Å². The molecule has 0 saturated carbocycles. The van der Waals surface area contributed by atoms with E-state index >= 15 is 0 Å². The van der Waals surface area contributed by atoms with Crippen LogP contribution in [-0.2, 0) is 24.2 Å². The van der Waals surface area contributed by atoms with E-state index in [2.05, 4.69) is 4.98 Å². The van der Waals surface area contributed by atoms with E-state index in [1.807, 2.05) is 20.8 Å². The minimum absolute atomic E-state index is 0.140. The quantitative estimate of drug-likeness (QED) is 0.834. The van der Waals surface area contributed by atoms with Crippen molar-refractivity contribution in [1.29, 1.82) is 0 Å². The number of rotatable bonds is 2. The molecular formula is C13H17NO4. The Morgan fingerprint density at radius 1 is 1.44 bits per heavy atom. The van der Waals surface area contributed by atoms with Crippen molar-refractivity contribution in [3.8, 4) is 0 Å². The van der Waals surface area contributed by atoms with Crippen LogP contribution in [0.5, 0.6) is 0 Å². The topological polar surface area (TPSA) is 79.4 Å². The highest BCUT2D eigenvalue weighted by Crippen LogP contribution is 2.30. The molecule has 98 valence electrons. The van der Waals surface area contributed by atoms with Gasteiger partial charge in [0.05, 0.1) is 12.2 Å². The van der Waals surface area contributed by atoms with Crippen LogP contribution in [0.25, 0.3) is 0 Å². The summed E-state index contributed by atoms with van der Waals surface area (Å²) in [5.74, 6) is -1.17. The number of H-pyrrole nitrogens is 1. The first-order valence-electron chi connectivity index (χ1n) is 6.00. The van der Waals surface area contributed by atoms with Crippen LogP contribution in [0, 0.1) is 0 Å². The van der Waals surface area contributed by atoms with Crippen molar-refractivity contribution in [2.75, 3.05) is 0 Å². The van der Waals surface area contributed by atoms with Crippen molar-refractivity contribution >= 4 is 5.97 Å². The number of carbonyl (C=O) groups is 1. The lowest BCUT2D eigenvalue weighted by Crippen LogP contribution is -2.36. The first kappa shape index (κ1) is 12.8. The molecule has 0 bridgehead atoms. The number of ether oxygens (including phenoxy) is 1. The predicted molar refractivity (Wildman–Crippen MR) is 66.0 cm³/mol. The number of pyridine rings is 1. The van der Waals surface area contributed by atoms with Crippen molar-refractivity contribution < 1.29 is 14.6 Å². The zero-order chi connectivity index (χ0) is 13.5. The van der Waals surface area contributed by atoms with Gasteiger partial charge in [-0.15, -0.1) is 0 Å². The van der Waals surface area contributed by atoms with Crippen LogP contribution < -0.4 is 5.56 Å². The number of hydrogen-bond donors (Lipinski definition) is 2. The Hall–Kier alpha value is -1.62. The molecule has 2 rings (SSSR count). The molecule has 0 unspecified atom stereocenters. The average molecular weight is 251 g/mol. The van der Waals surface area contributed by atoms with Gasteiger partial charge in [-0.3, -0.25) is 4.79 Å². The van der Waals surface area contributed by atoms with E-state index < -0.39 is 17.1 Å². The molecule has 1 aliphatic rings. The summed E-state index contributed by atoms with van der Waals surface area (Å²) < 4.78 is 5.69. The standard InChI is InChI=1S/C13H17NO4/c1-4-9-8-6-18-13(2,3)5-7(8)10(12(16)17)11(15)14-9/h4-6H2,1-3H3,(H,14,15)(H,16,17). The van der Waals surface area contributed by atoms with Crippen LogP contribution in [0.2, 0.25) is 0 Å². The maximum Gasteiger partial charge on any atom is 0.341 e. The largest absolute Gasteiger partial charge is 0.477 e. The minimum Gasteiger partial charge on any atom is -0.477 e. The number of carboxylic acids is 1. The predicted octanol–water partition coefficient (Wildman–Crippen LogP) is 1.49. The van der Waals surface area contributed by atoms with Gasteiger partial charge in [-0.25, -0.2) is 4.79 Å². The number of aromatic amines is 1. The molecule has 0 saturated heterocycles. The molecule has 0 aliphatic carbocycles. The highest BCUT2D eigenvalue weighted by atomic mass is 16.5. The van der Waals surface area contributed by atoms with Gasteiger partial charge in [0.15, 0.2) is 0 Å². The number of aromatic nitrogens is 1. The second kappa shape index (κ2) is 4.24. The van der Waals surface area contributed by atoms with E-state index in [1.54, 1.807) is 0 Å². The molecule has 1 aromatic rings. The monoisotopic (exact) mass is 251 g/mol. The molecule has 0 atom stereocenters. The van der Waals surface area contributed by atoms with Crippen LogP contribution in [0.15, 0.2) is 4.79 Å². The normalized spacial score (nSPS) is 17.3. The van der Waals surface area contributed by atoms with Crippen molar-refractivity contribution in [2.45, 2.75) is 45.8 Å². The fourth-order valence-electron chi connectivity index (χ4n) is 2.39. The third-order valence-corrected chi connectivity index (χ3v) is 3.30. The fraction of sp³-hybridized carbons (Fsp3) is 0.538. The van der Waals surface area contributed by atoms with Gasteiger partial charge >= 0.3 is 5.97 Å². The number of nitrogens with one attached hydrogen (secondary N) is 1. The Bertz CT molecular complexity index is 557. The van der Waals surface area contributed by atoms with E-state index in [9.17, 15) is 14.7 Å². The van der Waals surface area contributed by atoms with Crippen LogP contribution in [0.1, 0.15) is 48.0 Å². The summed E-state index contributed by atoms with van der Waals surface area (Å²) in [6.45, 7) is 6.07. The van der Waals surface area contributed by atoms with Crippen LogP contribution in [0.4, 0.5) is 0 Å². The Labute approximate surface area is 105 Å². The summed E-state index contributed by atoms with van der Waals surface area (Å²) in [4.78, 5) is 25.7. The summed E-state index contributed by atoms with van der Waals surface area (Å²) in [7, 11) is 0. The molecule has 18 heavy (non-hydrogen) atoms. The zero-order valence-electron chi connectivity index (χ0n) is 10.8. The number of fused-ring (bicyclic) bond motifs is 1. The van der Waals surface area contributed by atoms with Gasteiger partial charge in [0.2, 0.25) is 0 Å². The minimum atomic E-state index is -1.17. The third kappa shape index (κ3) is 2.06. The molecular weight excluding hydrogens is 234 g/mol. The number of aryl methyl sites for hydroxylation is 1. The third-order valence-electron chi connectivity index (χ3n) is 3.30. The molecule has 1 aliphatic heterocycles. The maximum atomic E-state index is 11.8. The molecule has 0 spiro atoms. The number of carboxylic acid groups (broad SMARTS) is 1.